The van der Waals surface area contributed by atoms with Gasteiger partial charge in [-0.3, -0.25) is 30.3 Å². The van der Waals surface area contributed by atoms with Crippen LogP contribution in [0.4, 0.5) is 0 Å². The van der Waals surface area contributed by atoms with Crippen molar-refractivity contribution in [3.05, 3.63) is 30.3 Å². The zero-order valence-corrected chi connectivity index (χ0v) is 8.61. The molecule has 0 aliphatic carbocycles. The van der Waals surface area contributed by atoms with Crippen LogP contribution in [0.5, 0.6) is 0 Å². The molecular formula is C7H13N3O6. The molecule has 0 amide bonds. The summed E-state index contributed by atoms with van der Waals surface area (Å²) in [7, 11) is 0. The molecule has 0 fully saturated rings. The van der Waals surface area contributed by atoms with E-state index in [1.807, 2.05) is 0 Å². The van der Waals surface area contributed by atoms with Crippen LogP contribution in [-0.2, 0) is 0 Å². The van der Waals surface area contributed by atoms with E-state index in [4.69, 9.17) is 0 Å². The van der Waals surface area contributed by atoms with Gasteiger partial charge in [0.25, 0.3) is 0 Å². The van der Waals surface area contributed by atoms with Crippen molar-refractivity contribution >= 4 is 0 Å². The number of nitro groups is 3. The van der Waals surface area contributed by atoms with Crippen LogP contribution in [-0.4, -0.2) is 34.4 Å². The molecule has 0 N–H and O–H groups in total. The lowest BCUT2D eigenvalue weighted by Crippen LogP contribution is -2.16. The number of hydrogen-bond donors (Lipinski definition) is 0. The van der Waals surface area contributed by atoms with Crippen molar-refractivity contribution in [3.8, 4) is 0 Å². The second kappa shape index (κ2) is 7.49. The molecule has 0 radical (unpaired) electrons. The topological polar surface area (TPSA) is 129 Å². The first-order valence-electron chi connectivity index (χ1n) is 4.77. The lowest BCUT2D eigenvalue weighted by Gasteiger charge is -2.09. The molecule has 9 nitrogen and oxygen atoms in total. The largest absolute Gasteiger partial charge is 0.265 e. The van der Waals surface area contributed by atoms with Gasteiger partial charge >= 0.3 is 0 Å². The van der Waals surface area contributed by atoms with Gasteiger partial charge in [-0.25, -0.2) is 0 Å². The van der Waals surface area contributed by atoms with E-state index in [2.05, 4.69) is 0 Å². The van der Waals surface area contributed by atoms with Crippen LogP contribution in [0.25, 0.3) is 0 Å². The zero-order chi connectivity index (χ0) is 12.6. The highest BCUT2D eigenvalue weighted by Gasteiger charge is 2.17. The Kier molecular flexibility index (Phi) is 6.64. The average molecular weight is 235 g/mol. The molecule has 0 aromatic heterocycles. The Morgan fingerprint density at radius 3 is 1.12 bits per heavy atom. The van der Waals surface area contributed by atoms with E-state index < -0.39 is 14.8 Å². The molecule has 92 valence electrons. The monoisotopic (exact) mass is 235 g/mol. The van der Waals surface area contributed by atoms with Gasteiger partial charge in [0.2, 0.25) is 19.6 Å². The van der Waals surface area contributed by atoms with Gasteiger partial charge in [-0.15, -0.1) is 0 Å². The molecule has 0 aromatic carbocycles. The summed E-state index contributed by atoms with van der Waals surface area (Å²) in [6, 6.07) is 0. The van der Waals surface area contributed by atoms with Crippen LogP contribution in [0.3, 0.4) is 0 Å². The van der Waals surface area contributed by atoms with Gasteiger partial charge in [0.05, 0.1) is 0 Å². The third-order valence-corrected chi connectivity index (χ3v) is 2.16. The summed E-state index contributed by atoms with van der Waals surface area (Å²) in [6.07, 6.45) is 0.442. The summed E-state index contributed by atoms with van der Waals surface area (Å²) < 4.78 is 0. The predicted molar refractivity (Wildman–Crippen MR) is 52.9 cm³/mol. The predicted octanol–water partition coefficient (Wildman–Crippen LogP) is 0.603. The molecule has 9 heteroatoms. The standard InChI is InChI=1S/C7H13N3O6/c11-8(12)4-1-7(2-5-9(13)14)3-6-10(15)16/h7H,1-6H2. The zero-order valence-electron chi connectivity index (χ0n) is 8.61. The van der Waals surface area contributed by atoms with Crippen molar-refractivity contribution in [2.24, 2.45) is 5.92 Å². The smallest absolute Gasteiger partial charge is 0.204 e. The van der Waals surface area contributed by atoms with E-state index in [0.29, 0.717) is 0 Å². The molecule has 0 aromatic rings. The lowest BCUT2D eigenvalue weighted by molar-refractivity contribution is -0.493. The Balaban J connectivity index is 3.98. The summed E-state index contributed by atoms with van der Waals surface area (Å²) >= 11 is 0. The van der Waals surface area contributed by atoms with Crippen LogP contribution in [0.15, 0.2) is 0 Å². The van der Waals surface area contributed by atoms with Crippen molar-refractivity contribution in [2.45, 2.75) is 19.3 Å². The van der Waals surface area contributed by atoms with E-state index in [-0.39, 0.29) is 44.8 Å². The van der Waals surface area contributed by atoms with Crippen LogP contribution < -0.4 is 0 Å². The van der Waals surface area contributed by atoms with Crippen LogP contribution >= 0.6 is 0 Å². The van der Waals surface area contributed by atoms with Gasteiger partial charge in [-0.05, 0) is 5.92 Å². The normalized spacial score (nSPS) is 10.3. The first kappa shape index (κ1) is 14.2. The van der Waals surface area contributed by atoms with E-state index in [1.165, 1.54) is 0 Å². The SMILES string of the molecule is O=[N+]([O-])CCC(CC[N+](=O)[O-])CC[N+](=O)[O-]. The van der Waals surface area contributed by atoms with Gasteiger partial charge in [-0.1, -0.05) is 0 Å². The highest BCUT2D eigenvalue weighted by Crippen LogP contribution is 2.13. The molecule has 0 aliphatic rings. The van der Waals surface area contributed by atoms with E-state index >= 15 is 0 Å². The van der Waals surface area contributed by atoms with Gasteiger partial charge in [-0.2, -0.15) is 0 Å². The molecule has 0 bridgehead atoms. The minimum absolute atomic E-state index is 0.147. The van der Waals surface area contributed by atoms with Gasteiger partial charge in [0, 0.05) is 34.0 Å². The average Bonchev–Trinajstić information content (AvgIpc) is 2.15. The fourth-order valence-electron chi connectivity index (χ4n) is 1.30. The maximum absolute atomic E-state index is 10.1. The van der Waals surface area contributed by atoms with Gasteiger partial charge in [0.1, 0.15) is 0 Å². The van der Waals surface area contributed by atoms with Crippen molar-refractivity contribution in [3.63, 3.8) is 0 Å². The fourth-order valence-corrected chi connectivity index (χ4v) is 1.30. The van der Waals surface area contributed by atoms with Crippen molar-refractivity contribution in [1.29, 1.82) is 0 Å². The minimum Gasteiger partial charge on any atom is -0.265 e. The first-order chi connectivity index (χ1) is 7.41. The van der Waals surface area contributed by atoms with Crippen molar-refractivity contribution < 1.29 is 14.8 Å². The molecule has 0 saturated heterocycles. The molecule has 16 heavy (non-hydrogen) atoms. The quantitative estimate of drug-likeness (QED) is 0.425. The molecule has 0 atom stereocenters. The Bertz CT molecular complexity index is 226. The number of hydrogen-bond acceptors (Lipinski definition) is 6. The van der Waals surface area contributed by atoms with Crippen LogP contribution in [0, 0.1) is 36.3 Å². The van der Waals surface area contributed by atoms with Gasteiger partial charge in [0.15, 0.2) is 0 Å². The van der Waals surface area contributed by atoms with E-state index in [1.54, 1.807) is 0 Å². The lowest BCUT2D eigenvalue weighted by atomic mass is 9.98. The highest BCUT2D eigenvalue weighted by molar-refractivity contribution is 4.58. The molecule has 0 spiro atoms. The van der Waals surface area contributed by atoms with Crippen LogP contribution in [0.2, 0.25) is 0 Å². The summed E-state index contributed by atoms with van der Waals surface area (Å²) in [6.45, 7) is -0.916. The third kappa shape index (κ3) is 8.78. The molecule has 0 heterocycles. The van der Waals surface area contributed by atoms with Crippen LogP contribution in [0.1, 0.15) is 19.3 Å². The molecule has 0 unspecified atom stereocenters. The summed E-state index contributed by atoms with van der Waals surface area (Å²) in [5.74, 6) is -0.332. The summed E-state index contributed by atoms with van der Waals surface area (Å²) in [5, 5.41) is 30.4. The van der Waals surface area contributed by atoms with Gasteiger partial charge < -0.3 is 0 Å². The van der Waals surface area contributed by atoms with E-state index in [9.17, 15) is 30.3 Å². The maximum atomic E-state index is 10.1. The number of rotatable bonds is 9. The summed E-state index contributed by atoms with van der Waals surface area (Å²) in [4.78, 5) is 28.8. The summed E-state index contributed by atoms with van der Waals surface area (Å²) in [5.41, 5.74) is 0. The van der Waals surface area contributed by atoms with Crippen molar-refractivity contribution in [1.82, 2.24) is 0 Å². The first-order valence-corrected chi connectivity index (χ1v) is 4.77. The Hall–Kier alpha value is -1.80. The second-order valence-electron chi connectivity index (χ2n) is 3.40. The highest BCUT2D eigenvalue weighted by atomic mass is 16.6. The fraction of sp³-hybridized carbons (Fsp3) is 1.00. The minimum atomic E-state index is -0.523. The molecule has 0 saturated carbocycles. The Labute approximate surface area is 90.9 Å². The molecule has 0 rings (SSSR count). The van der Waals surface area contributed by atoms with Crippen molar-refractivity contribution in [2.75, 3.05) is 19.6 Å². The maximum Gasteiger partial charge on any atom is 0.204 e. The third-order valence-electron chi connectivity index (χ3n) is 2.16. The molecular weight excluding hydrogens is 222 g/mol. The number of nitrogens with zero attached hydrogens (tertiary/aromatic N) is 3. The Morgan fingerprint density at radius 2 is 0.938 bits per heavy atom. The van der Waals surface area contributed by atoms with E-state index in [0.717, 1.165) is 0 Å². The second-order valence-corrected chi connectivity index (χ2v) is 3.40. The Morgan fingerprint density at radius 1 is 0.688 bits per heavy atom. The molecule has 0 aliphatic heterocycles.